The van der Waals surface area contributed by atoms with Crippen molar-refractivity contribution in [3.05, 3.63) is 24.0 Å². The van der Waals surface area contributed by atoms with Gasteiger partial charge in [0.15, 0.2) is 0 Å². The van der Waals surface area contributed by atoms with Gasteiger partial charge in [-0.25, -0.2) is 4.98 Å². The fraction of sp³-hybridized carbons (Fsp3) is 0.562. The van der Waals surface area contributed by atoms with E-state index in [1.807, 2.05) is 18.2 Å². The van der Waals surface area contributed by atoms with E-state index in [2.05, 4.69) is 23.4 Å². The summed E-state index contributed by atoms with van der Waals surface area (Å²) < 4.78 is 2.23. The second-order valence-corrected chi connectivity index (χ2v) is 6.23. The van der Waals surface area contributed by atoms with Gasteiger partial charge in [-0.2, -0.15) is 0 Å². The number of nitrogens with two attached hydrogens (primary N) is 1. The third-order valence-corrected chi connectivity index (χ3v) is 4.86. The molecule has 1 aliphatic rings. The average molecular weight is 273 g/mol. The van der Waals surface area contributed by atoms with Crippen molar-refractivity contribution in [3.8, 4) is 0 Å². The minimum Gasteiger partial charge on any atom is -0.399 e. The monoisotopic (exact) mass is 273 g/mol. The fourth-order valence-corrected chi connectivity index (χ4v) is 3.44. The predicted octanol–water partition coefficient (Wildman–Crippen LogP) is 3.11. The first-order chi connectivity index (χ1) is 9.60. The zero-order chi connectivity index (χ0) is 14.3. The van der Waals surface area contributed by atoms with Crippen molar-refractivity contribution in [2.24, 2.45) is 11.8 Å². The number of hydrogen-bond acceptors (Lipinski definition) is 3. The molecule has 3 unspecified atom stereocenters. The molecule has 1 fully saturated rings. The lowest BCUT2D eigenvalue weighted by molar-refractivity contribution is 0.199. The first-order valence-electron chi connectivity index (χ1n) is 7.47. The summed E-state index contributed by atoms with van der Waals surface area (Å²) in [5.74, 6) is 2.26. The zero-order valence-corrected chi connectivity index (χ0v) is 12.2. The van der Waals surface area contributed by atoms with Gasteiger partial charge in [-0.15, -0.1) is 0 Å². The largest absolute Gasteiger partial charge is 0.399 e. The molecular weight excluding hydrogens is 250 g/mol. The molecule has 1 saturated carbocycles. The number of aliphatic hydroxyl groups excluding tert-OH is 1. The van der Waals surface area contributed by atoms with Crippen LogP contribution in [0.4, 0.5) is 5.69 Å². The topological polar surface area (TPSA) is 64.1 Å². The van der Waals surface area contributed by atoms with E-state index in [1.54, 1.807) is 0 Å². The number of aromatic nitrogens is 2. The maximum atomic E-state index is 9.62. The first-order valence-corrected chi connectivity index (χ1v) is 7.47. The molecule has 1 aromatic heterocycles. The summed E-state index contributed by atoms with van der Waals surface area (Å²) in [5, 5.41) is 9.62. The molecular formula is C16H23N3O. The Kier molecular flexibility index (Phi) is 3.42. The summed E-state index contributed by atoms with van der Waals surface area (Å²) in [6.07, 6.45) is 3.56. The van der Waals surface area contributed by atoms with Gasteiger partial charge in [-0.1, -0.05) is 13.8 Å². The quantitative estimate of drug-likeness (QED) is 0.826. The highest BCUT2D eigenvalue weighted by molar-refractivity contribution is 5.79. The zero-order valence-electron chi connectivity index (χ0n) is 12.2. The van der Waals surface area contributed by atoms with Gasteiger partial charge in [0.2, 0.25) is 0 Å². The third kappa shape index (κ3) is 2.18. The Morgan fingerprint density at radius 1 is 1.30 bits per heavy atom. The molecule has 0 spiro atoms. The number of rotatable bonds is 2. The van der Waals surface area contributed by atoms with Crippen LogP contribution in [0, 0.1) is 11.8 Å². The molecule has 0 amide bonds. The molecule has 3 rings (SSSR count). The Morgan fingerprint density at radius 2 is 2.10 bits per heavy atom. The van der Waals surface area contributed by atoms with Crippen LogP contribution in [0.15, 0.2) is 18.2 Å². The Balaban J connectivity index is 2.05. The van der Waals surface area contributed by atoms with Crippen molar-refractivity contribution < 1.29 is 5.11 Å². The molecule has 108 valence electrons. The molecule has 3 N–H and O–H groups in total. The maximum Gasteiger partial charge on any atom is 0.135 e. The van der Waals surface area contributed by atoms with Gasteiger partial charge in [-0.3, -0.25) is 0 Å². The minimum atomic E-state index is -0.0188. The van der Waals surface area contributed by atoms with Gasteiger partial charge < -0.3 is 15.4 Å². The van der Waals surface area contributed by atoms with Crippen molar-refractivity contribution >= 4 is 16.7 Å². The van der Waals surface area contributed by atoms with Gasteiger partial charge in [-0.05, 0) is 49.3 Å². The molecule has 1 aliphatic carbocycles. The van der Waals surface area contributed by atoms with Crippen LogP contribution in [0.25, 0.3) is 11.0 Å². The van der Waals surface area contributed by atoms with E-state index >= 15 is 0 Å². The fourth-order valence-electron chi connectivity index (χ4n) is 3.44. The molecule has 2 aromatic rings. The van der Waals surface area contributed by atoms with Gasteiger partial charge in [0, 0.05) is 11.7 Å². The van der Waals surface area contributed by atoms with E-state index in [9.17, 15) is 5.11 Å². The van der Waals surface area contributed by atoms with Crippen LogP contribution in [-0.4, -0.2) is 14.7 Å². The number of fused-ring (bicyclic) bond motifs is 1. The number of nitrogen functional groups attached to an aromatic ring is 1. The Morgan fingerprint density at radius 3 is 2.80 bits per heavy atom. The standard InChI is InChI=1S/C16H23N3O/c1-10-3-5-13(7-11(10)2)19-15-6-4-12(17)8-14(15)18-16(19)9-20/h4,6,8,10-11,13,20H,3,5,7,9,17H2,1-2H3. The van der Waals surface area contributed by atoms with Gasteiger partial charge >= 0.3 is 0 Å². The number of anilines is 1. The number of imidazole rings is 1. The van der Waals surface area contributed by atoms with Gasteiger partial charge in [0.25, 0.3) is 0 Å². The number of hydrogen-bond donors (Lipinski definition) is 2. The van der Waals surface area contributed by atoms with Crippen molar-refractivity contribution in [3.63, 3.8) is 0 Å². The molecule has 20 heavy (non-hydrogen) atoms. The van der Waals surface area contributed by atoms with Crippen LogP contribution in [0.5, 0.6) is 0 Å². The van der Waals surface area contributed by atoms with E-state index in [4.69, 9.17) is 5.73 Å². The third-order valence-electron chi connectivity index (χ3n) is 4.86. The lowest BCUT2D eigenvalue weighted by atomic mass is 9.79. The van der Waals surface area contributed by atoms with Crippen molar-refractivity contribution in [1.29, 1.82) is 0 Å². The summed E-state index contributed by atoms with van der Waals surface area (Å²) >= 11 is 0. The summed E-state index contributed by atoms with van der Waals surface area (Å²) in [6.45, 7) is 4.64. The summed E-state index contributed by atoms with van der Waals surface area (Å²) in [4.78, 5) is 4.54. The number of aliphatic hydroxyl groups is 1. The Labute approximate surface area is 119 Å². The van der Waals surface area contributed by atoms with Crippen LogP contribution in [0.3, 0.4) is 0 Å². The van der Waals surface area contributed by atoms with Crippen molar-refractivity contribution in [1.82, 2.24) is 9.55 Å². The predicted molar refractivity (Wildman–Crippen MR) is 81.3 cm³/mol. The molecule has 3 atom stereocenters. The number of nitrogens with zero attached hydrogens (tertiary/aromatic N) is 2. The summed E-state index contributed by atoms with van der Waals surface area (Å²) in [6, 6.07) is 6.27. The molecule has 4 nitrogen and oxygen atoms in total. The lowest BCUT2D eigenvalue weighted by Crippen LogP contribution is -2.24. The normalized spacial score (nSPS) is 27.1. The molecule has 1 heterocycles. The maximum absolute atomic E-state index is 9.62. The van der Waals surface area contributed by atoms with Crippen LogP contribution in [-0.2, 0) is 6.61 Å². The highest BCUT2D eigenvalue weighted by Gasteiger charge is 2.28. The highest BCUT2D eigenvalue weighted by atomic mass is 16.3. The molecule has 0 bridgehead atoms. The van der Waals surface area contributed by atoms with E-state index in [-0.39, 0.29) is 6.61 Å². The van der Waals surface area contributed by atoms with Crippen LogP contribution in [0.1, 0.15) is 45.0 Å². The van der Waals surface area contributed by atoms with Crippen LogP contribution in [0.2, 0.25) is 0 Å². The molecule has 1 aromatic carbocycles. The second-order valence-electron chi connectivity index (χ2n) is 6.23. The SMILES string of the molecule is CC1CCC(n2c(CO)nc3cc(N)ccc32)CC1C. The first kappa shape index (κ1) is 13.4. The minimum absolute atomic E-state index is 0.0188. The van der Waals surface area contributed by atoms with Gasteiger partial charge in [0.05, 0.1) is 11.0 Å². The van der Waals surface area contributed by atoms with E-state index in [1.165, 1.54) is 6.42 Å². The smallest absolute Gasteiger partial charge is 0.135 e. The Bertz CT molecular complexity index is 619. The van der Waals surface area contributed by atoms with Crippen LogP contribution < -0.4 is 5.73 Å². The second kappa shape index (κ2) is 5.09. The molecule has 0 saturated heterocycles. The van der Waals surface area contributed by atoms with Crippen molar-refractivity contribution in [2.75, 3.05) is 5.73 Å². The highest BCUT2D eigenvalue weighted by Crippen LogP contribution is 2.38. The average Bonchev–Trinajstić information content (AvgIpc) is 2.79. The van der Waals surface area contributed by atoms with E-state index < -0.39 is 0 Å². The van der Waals surface area contributed by atoms with E-state index in [0.717, 1.165) is 41.3 Å². The van der Waals surface area contributed by atoms with Crippen LogP contribution >= 0.6 is 0 Å². The van der Waals surface area contributed by atoms with E-state index in [0.29, 0.717) is 12.0 Å². The lowest BCUT2D eigenvalue weighted by Gasteiger charge is -2.33. The molecule has 4 heteroatoms. The number of benzene rings is 1. The summed E-state index contributed by atoms with van der Waals surface area (Å²) in [5.41, 5.74) is 8.53. The molecule has 0 aliphatic heterocycles. The van der Waals surface area contributed by atoms with Gasteiger partial charge in [0.1, 0.15) is 12.4 Å². The Hall–Kier alpha value is -1.55. The summed E-state index contributed by atoms with van der Waals surface area (Å²) in [7, 11) is 0. The van der Waals surface area contributed by atoms with Crippen molar-refractivity contribution in [2.45, 2.75) is 45.8 Å². The molecule has 0 radical (unpaired) electrons.